The fraction of sp³-hybridized carbons (Fsp3) is 0.846. The van der Waals surface area contributed by atoms with Crippen LogP contribution in [0.25, 0.3) is 0 Å². The maximum absolute atomic E-state index is 11.1. The van der Waals surface area contributed by atoms with Crippen LogP contribution in [0.15, 0.2) is 11.5 Å². The standard InChI is InChI=1S/C13H25BrO2S/c1-2-3-4-5-6-7-8-9-10-11-12-17(15,16)13-14/h11-12H,2-10,13H2,1H3/b12-11+. The van der Waals surface area contributed by atoms with Gasteiger partial charge in [-0.15, -0.1) is 0 Å². The molecule has 0 radical (unpaired) electrons. The van der Waals surface area contributed by atoms with Crippen LogP contribution in [0.3, 0.4) is 0 Å². The lowest BCUT2D eigenvalue weighted by molar-refractivity contribution is 0.577. The van der Waals surface area contributed by atoms with E-state index >= 15 is 0 Å². The van der Waals surface area contributed by atoms with Crippen molar-refractivity contribution in [1.82, 2.24) is 0 Å². The minimum absolute atomic E-state index is 0.0218. The normalized spacial score (nSPS) is 12.4. The second-order valence-corrected chi connectivity index (χ2v) is 7.60. The van der Waals surface area contributed by atoms with E-state index in [1.807, 2.05) is 0 Å². The van der Waals surface area contributed by atoms with Gasteiger partial charge in [-0.1, -0.05) is 73.9 Å². The molecule has 0 spiro atoms. The van der Waals surface area contributed by atoms with E-state index in [9.17, 15) is 8.42 Å². The molecule has 0 fully saturated rings. The number of rotatable bonds is 11. The van der Waals surface area contributed by atoms with E-state index in [1.54, 1.807) is 6.08 Å². The lowest BCUT2D eigenvalue weighted by Gasteiger charge is -1.99. The second-order valence-electron chi connectivity index (χ2n) is 4.41. The Labute approximate surface area is 115 Å². The van der Waals surface area contributed by atoms with Crippen LogP contribution >= 0.6 is 15.9 Å². The Kier molecular flexibility index (Phi) is 11.4. The average Bonchev–Trinajstić information content (AvgIpc) is 2.31. The van der Waals surface area contributed by atoms with Crippen LogP contribution in [0.5, 0.6) is 0 Å². The number of hydrogen-bond acceptors (Lipinski definition) is 2. The van der Waals surface area contributed by atoms with E-state index in [-0.39, 0.29) is 4.66 Å². The third-order valence-corrected chi connectivity index (χ3v) is 5.51. The summed E-state index contributed by atoms with van der Waals surface area (Å²) in [4.78, 5) is 0. The summed E-state index contributed by atoms with van der Waals surface area (Å²) < 4.78 is 22.2. The molecule has 0 saturated heterocycles. The molecule has 2 nitrogen and oxygen atoms in total. The molecule has 0 amide bonds. The van der Waals surface area contributed by atoms with Gasteiger partial charge in [0.2, 0.25) is 0 Å². The minimum atomic E-state index is -2.99. The Bertz CT molecular complexity index is 284. The molecule has 0 bridgehead atoms. The van der Waals surface area contributed by atoms with Crippen LogP contribution in [0, 0.1) is 0 Å². The first-order valence-corrected chi connectivity index (χ1v) is 9.41. The lowest BCUT2D eigenvalue weighted by atomic mass is 10.1. The summed E-state index contributed by atoms with van der Waals surface area (Å²) in [5.74, 6) is 0. The van der Waals surface area contributed by atoms with Gasteiger partial charge in [-0.05, 0) is 12.8 Å². The molecule has 0 heterocycles. The number of hydrogen-bond donors (Lipinski definition) is 0. The highest BCUT2D eigenvalue weighted by Gasteiger charge is 2.00. The van der Waals surface area contributed by atoms with Crippen LogP contribution in [0.4, 0.5) is 0 Å². The molecule has 102 valence electrons. The first-order chi connectivity index (χ1) is 8.12. The van der Waals surface area contributed by atoms with Crippen LogP contribution in [-0.2, 0) is 9.84 Å². The van der Waals surface area contributed by atoms with Crippen molar-refractivity contribution >= 4 is 25.8 Å². The van der Waals surface area contributed by atoms with Gasteiger partial charge in [0, 0.05) is 5.41 Å². The summed E-state index contributed by atoms with van der Waals surface area (Å²) >= 11 is 2.96. The van der Waals surface area contributed by atoms with Crippen molar-refractivity contribution in [3.05, 3.63) is 11.5 Å². The number of halogens is 1. The molecule has 0 aromatic carbocycles. The zero-order chi connectivity index (χ0) is 13.0. The summed E-state index contributed by atoms with van der Waals surface area (Å²) in [7, 11) is -2.99. The van der Waals surface area contributed by atoms with Gasteiger partial charge < -0.3 is 0 Å². The molecule has 0 aliphatic carbocycles. The zero-order valence-electron chi connectivity index (χ0n) is 10.8. The lowest BCUT2D eigenvalue weighted by Crippen LogP contribution is -1.94. The van der Waals surface area contributed by atoms with E-state index in [4.69, 9.17) is 0 Å². The molecule has 0 saturated carbocycles. The third-order valence-electron chi connectivity index (χ3n) is 2.68. The Morgan fingerprint density at radius 2 is 1.47 bits per heavy atom. The first kappa shape index (κ1) is 17.2. The number of unbranched alkanes of at least 4 members (excludes halogenated alkanes) is 8. The van der Waals surface area contributed by atoms with Gasteiger partial charge in [0.25, 0.3) is 0 Å². The molecule has 0 aromatic heterocycles. The van der Waals surface area contributed by atoms with Crippen molar-refractivity contribution in [2.24, 2.45) is 0 Å². The fourth-order valence-corrected chi connectivity index (χ4v) is 2.61. The van der Waals surface area contributed by atoms with Crippen molar-refractivity contribution in [1.29, 1.82) is 0 Å². The maximum atomic E-state index is 11.1. The molecular weight excluding hydrogens is 300 g/mol. The molecular formula is C13H25BrO2S. The van der Waals surface area contributed by atoms with E-state index in [1.165, 1.54) is 50.4 Å². The second kappa shape index (κ2) is 11.3. The van der Waals surface area contributed by atoms with Gasteiger partial charge in [0.1, 0.15) is 4.66 Å². The van der Waals surface area contributed by atoms with E-state index in [0.717, 1.165) is 12.8 Å². The predicted octanol–water partition coefficient (Wildman–Crippen LogP) is 4.80. The Balaban J connectivity index is 3.30. The maximum Gasteiger partial charge on any atom is 0.181 e. The molecule has 0 unspecified atom stereocenters. The first-order valence-electron chi connectivity index (χ1n) is 6.57. The van der Waals surface area contributed by atoms with Crippen LogP contribution in [0.1, 0.15) is 64.7 Å². The zero-order valence-corrected chi connectivity index (χ0v) is 13.2. The Morgan fingerprint density at radius 1 is 0.941 bits per heavy atom. The van der Waals surface area contributed by atoms with Crippen LogP contribution in [-0.4, -0.2) is 13.1 Å². The van der Waals surface area contributed by atoms with Gasteiger partial charge in [-0.25, -0.2) is 8.42 Å². The predicted molar refractivity (Wildman–Crippen MR) is 79.1 cm³/mol. The average molecular weight is 325 g/mol. The van der Waals surface area contributed by atoms with Crippen molar-refractivity contribution < 1.29 is 8.42 Å². The molecule has 0 aliphatic rings. The van der Waals surface area contributed by atoms with Gasteiger partial charge in [-0.3, -0.25) is 0 Å². The Morgan fingerprint density at radius 3 is 2.00 bits per heavy atom. The van der Waals surface area contributed by atoms with Gasteiger partial charge in [-0.2, -0.15) is 0 Å². The van der Waals surface area contributed by atoms with Crippen molar-refractivity contribution in [2.75, 3.05) is 4.66 Å². The van der Waals surface area contributed by atoms with Gasteiger partial charge in [0.05, 0.1) is 0 Å². The molecule has 0 rings (SSSR count). The largest absolute Gasteiger partial charge is 0.223 e. The van der Waals surface area contributed by atoms with E-state index < -0.39 is 9.84 Å². The number of alkyl halides is 1. The number of sulfone groups is 1. The number of allylic oxidation sites excluding steroid dienone is 1. The van der Waals surface area contributed by atoms with Crippen LogP contribution in [0.2, 0.25) is 0 Å². The molecule has 17 heavy (non-hydrogen) atoms. The molecule has 0 N–H and O–H groups in total. The van der Waals surface area contributed by atoms with Crippen LogP contribution < -0.4 is 0 Å². The summed E-state index contributed by atoms with van der Waals surface area (Å²) in [6, 6.07) is 0. The Hall–Kier alpha value is 0.170. The third kappa shape index (κ3) is 12.4. The highest BCUT2D eigenvalue weighted by Crippen LogP contribution is 2.10. The topological polar surface area (TPSA) is 34.1 Å². The van der Waals surface area contributed by atoms with Gasteiger partial charge in [0.15, 0.2) is 9.84 Å². The van der Waals surface area contributed by atoms with Crippen molar-refractivity contribution in [2.45, 2.75) is 64.7 Å². The van der Waals surface area contributed by atoms with E-state index in [0.29, 0.717) is 0 Å². The quantitative estimate of drug-likeness (QED) is 0.404. The van der Waals surface area contributed by atoms with Crippen molar-refractivity contribution in [3.8, 4) is 0 Å². The SMILES string of the molecule is CCCCCCCCCC/C=C/S(=O)(=O)CBr. The summed E-state index contributed by atoms with van der Waals surface area (Å²) in [6.45, 7) is 2.23. The summed E-state index contributed by atoms with van der Waals surface area (Å²) in [5.41, 5.74) is 0. The summed E-state index contributed by atoms with van der Waals surface area (Å²) in [6.07, 6.45) is 12.9. The highest BCUT2D eigenvalue weighted by molar-refractivity contribution is 9.10. The molecule has 0 atom stereocenters. The highest BCUT2D eigenvalue weighted by atomic mass is 79.9. The van der Waals surface area contributed by atoms with Gasteiger partial charge >= 0.3 is 0 Å². The minimum Gasteiger partial charge on any atom is -0.223 e. The monoisotopic (exact) mass is 324 g/mol. The van der Waals surface area contributed by atoms with E-state index in [2.05, 4.69) is 22.9 Å². The summed E-state index contributed by atoms with van der Waals surface area (Å²) in [5, 5.41) is 1.32. The fourth-order valence-electron chi connectivity index (χ4n) is 1.65. The molecule has 0 aromatic rings. The molecule has 0 aliphatic heterocycles. The van der Waals surface area contributed by atoms with Crippen molar-refractivity contribution in [3.63, 3.8) is 0 Å². The molecule has 4 heteroatoms. The smallest absolute Gasteiger partial charge is 0.181 e.